The lowest BCUT2D eigenvalue weighted by atomic mass is 10.1. The molecule has 2 heterocycles. The number of ether oxygens (including phenoxy) is 1. The molecular formula is C30H53N5O4. The van der Waals surface area contributed by atoms with Gasteiger partial charge in [-0.2, -0.15) is 0 Å². The molecule has 0 spiro atoms. The van der Waals surface area contributed by atoms with Crippen LogP contribution in [-0.2, 0) is 22.4 Å². The number of urea groups is 1. The van der Waals surface area contributed by atoms with Crippen LogP contribution in [0.4, 0.5) is 10.6 Å². The van der Waals surface area contributed by atoms with Crippen molar-refractivity contribution >= 4 is 17.8 Å². The number of aliphatic carboxylic acids is 1. The molecule has 39 heavy (non-hydrogen) atoms. The standard InChI is InChI=1S/C30H53N5O4/c1-22(2)21-35(23(3)4)29(38)33-26(28(36)37)15-18-34(19-20-39-30(5,6)7)17-9-8-12-25-14-13-24-11-10-16-31-27(24)32-25/h13-14,22-23,26H,8-12,15-21H2,1-7H3,(H,31,32)(H,33,38)(H,36,37)/t26-/m1/s1. The van der Waals surface area contributed by atoms with Crippen molar-refractivity contribution in [3.8, 4) is 0 Å². The Morgan fingerprint density at radius 3 is 2.51 bits per heavy atom. The largest absolute Gasteiger partial charge is 0.480 e. The minimum absolute atomic E-state index is 0.00622. The molecule has 2 rings (SSSR count). The molecule has 1 aromatic rings. The van der Waals surface area contributed by atoms with Gasteiger partial charge in [0.2, 0.25) is 0 Å². The van der Waals surface area contributed by atoms with Gasteiger partial charge in [0.25, 0.3) is 0 Å². The van der Waals surface area contributed by atoms with Crippen LogP contribution in [0.3, 0.4) is 0 Å². The van der Waals surface area contributed by atoms with Crippen LogP contribution in [0.25, 0.3) is 0 Å². The van der Waals surface area contributed by atoms with Gasteiger partial charge in [0.1, 0.15) is 11.9 Å². The highest BCUT2D eigenvalue weighted by Gasteiger charge is 2.26. The summed E-state index contributed by atoms with van der Waals surface area (Å²) in [6, 6.07) is 3.07. The van der Waals surface area contributed by atoms with Gasteiger partial charge < -0.3 is 30.3 Å². The van der Waals surface area contributed by atoms with Gasteiger partial charge in [-0.05, 0) is 97.2 Å². The van der Waals surface area contributed by atoms with E-state index in [0.29, 0.717) is 38.6 Å². The molecule has 0 aliphatic carbocycles. The Bertz CT molecular complexity index is 900. The molecule has 0 saturated heterocycles. The Labute approximate surface area is 236 Å². The molecule has 0 aromatic carbocycles. The summed E-state index contributed by atoms with van der Waals surface area (Å²) in [4.78, 5) is 33.7. The second-order valence-corrected chi connectivity index (χ2v) is 12.4. The smallest absolute Gasteiger partial charge is 0.326 e. The number of hydrogen-bond acceptors (Lipinski definition) is 6. The fraction of sp³-hybridized carbons (Fsp3) is 0.767. The van der Waals surface area contributed by atoms with Gasteiger partial charge in [-0.3, -0.25) is 0 Å². The highest BCUT2D eigenvalue weighted by molar-refractivity contribution is 5.82. The average molecular weight is 548 g/mol. The molecule has 1 aliphatic rings. The maximum atomic E-state index is 12.9. The van der Waals surface area contributed by atoms with Gasteiger partial charge in [0, 0.05) is 37.9 Å². The summed E-state index contributed by atoms with van der Waals surface area (Å²) in [6.45, 7) is 18.4. The van der Waals surface area contributed by atoms with E-state index in [1.54, 1.807) is 4.90 Å². The quantitative estimate of drug-likeness (QED) is 0.255. The van der Waals surface area contributed by atoms with E-state index in [1.807, 2.05) is 48.5 Å². The number of anilines is 1. The van der Waals surface area contributed by atoms with Crippen molar-refractivity contribution in [1.82, 2.24) is 20.1 Å². The Hall–Kier alpha value is -2.39. The van der Waals surface area contributed by atoms with Crippen molar-refractivity contribution in [3.05, 3.63) is 23.4 Å². The Morgan fingerprint density at radius 2 is 1.87 bits per heavy atom. The molecule has 0 radical (unpaired) electrons. The van der Waals surface area contributed by atoms with Crippen LogP contribution in [0.2, 0.25) is 0 Å². The van der Waals surface area contributed by atoms with E-state index in [-0.39, 0.29) is 17.7 Å². The molecule has 3 N–H and O–H groups in total. The first kappa shape index (κ1) is 32.8. The number of carbonyl (C=O) groups is 2. The summed E-state index contributed by atoms with van der Waals surface area (Å²) in [5.41, 5.74) is 2.18. The van der Waals surface area contributed by atoms with Gasteiger partial charge in [0.15, 0.2) is 0 Å². The Kier molecular flexibility index (Phi) is 13.5. The summed E-state index contributed by atoms with van der Waals surface area (Å²) in [5.74, 6) is 0.327. The van der Waals surface area contributed by atoms with E-state index in [2.05, 4.69) is 27.7 Å². The monoisotopic (exact) mass is 547 g/mol. The number of unbranched alkanes of at least 4 members (excludes halogenated alkanes) is 1. The predicted molar refractivity (Wildman–Crippen MR) is 157 cm³/mol. The second kappa shape index (κ2) is 16.0. The zero-order valence-electron chi connectivity index (χ0n) is 25.4. The lowest BCUT2D eigenvalue weighted by Crippen LogP contribution is -2.52. The van der Waals surface area contributed by atoms with Crippen LogP contribution in [-0.4, -0.2) is 88.9 Å². The number of carbonyl (C=O) groups excluding carboxylic acids is 1. The number of carboxylic acids is 1. The van der Waals surface area contributed by atoms with Gasteiger partial charge >= 0.3 is 12.0 Å². The number of carboxylic acid groups (broad SMARTS) is 1. The van der Waals surface area contributed by atoms with E-state index < -0.39 is 12.0 Å². The van der Waals surface area contributed by atoms with Crippen molar-refractivity contribution < 1.29 is 19.4 Å². The number of fused-ring (bicyclic) bond motifs is 1. The lowest BCUT2D eigenvalue weighted by Gasteiger charge is -2.31. The van der Waals surface area contributed by atoms with Crippen molar-refractivity contribution in [2.24, 2.45) is 5.92 Å². The van der Waals surface area contributed by atoms with Gasteiger partial charge in [-0.25, -0.2) is 14.6 Å². The molecule has 222 valence electrons. The minimum atomic E-state index is -1.01. The fourth-order valence-corrected chi connectivity index (χ4v) is 4.69. The van der Waals surface area contributed by atoms with E-state index in [0.717, 1.165) is 56.7 Å². The summed E-state index contributed by atoms with van der Waals surface area (Å²) in [7, 11) is 0. The maximum Gasteiger partial charge on any atom is 0.326 e. The van der Waals surface area contributed by atoms with Gasteiger partial charge in [-0.15, -0.1) is 0 Å². The molecule has 0 saturated carbocycles. The third kappa shape index (κ3) is 12.6. The van der Waals surface area contributed by atoms with Gasteiger partial charge in [-0.1, -0.05) is 19.9 Å². The number of aryl methyl sites for hydroxylation is 2. The van der Waals surface area contributed by atoms with Crippen molar-refractivity contribution in [3.63, 3.8) is 0 Å². The van der Waals surface area contributed by atoms with Crippen molar-refractivity contribution in [1.29, 1.82) is 0 Å². The number of amides is 2. The van der Waals surface area contributed by atoms with Crippen molar-refractivity contribution in [2.45, 2.75) is 105 Å². The van der Waals surface area contributed by atoms with Crippen LogP contribution in [0, 0.1) is 5.92 Å². The molecule has 9 nitrogen and oxygen atoms in total. The normalized spacial score (nSPS) is 14.3. The zero-order chi connectivity index (χ0) is 29.0. The molecule has 2 amide bonds. The van der Waals surface area contributed by atoms with Crippen LogP contribution in [0.5, 0.6) is 0 Å². The summed E-state index contributed by atoms with van der Waals surface area (Å²) >= 11 is 0. The topological polar surface area (TPSA) is 107 Å². The van der Waals surface area contributed by atoms with Crippen LogP contribution in [0.1, 0.15) is 85.4 Å². The van der Waals surface area contributed by atoms with Crippen LogP contribution < -0.4 is 10.6 Å². The molecular weight excluding hydrogens is 494 g/mol. The first-order valence-corrected chi connectivity index (χ1v) is 14.7. The molecule has 0 unspecified atom stereocenters. The molecule has 0 fully saturated rings. The predicted octanol–water partition coefficient (Wildman–Crippen LogP) is 4.80. The Morgan fingerprint density at radius 1 is 1.13 bits per heavy atom. The average Bonchev–Trinajstić information content (AvgIpc) is 2.85. The minimum Gasteiger partial charge on any atom is -0.480 e. The number of rotatable bonds is 16. The lowest BCUT2D eigenvalue weighted by molar-refractivity contribution is -0.139. The second-order valence-electron chi connectivity index (χ2n) is 12.4. The summed E-state index contributed by atoms with van der Waals surface area (Å²) in [6.07, 6.45) is 5.47. The first-order chi connectivity index (χ1) is 18.4. The molecule has 9 heteroatoms. The number of nitrogens with zero attached hydrogens (tertiary/aromatic N) is 3. The highest BCUT2D eigenvalue weighted by atomic mass is 16.5. The third-order valence-corrected chi connectivity index (χ3v) is 6.83. The van der Waals surface area contributed by atoms with Gasteiger partial charge in [0.05, 0.1) is 12.2 Å². The van der Waals surface area contributed by atoms with E-state index >= 15 is 0 Å². The number of nitrogens with one attached hydrogen (secondary N) is 2. The van der Waals surface area contributed by atoms with E-state index in [9.17, 15) is 14.7 Å². The molecule has 1 atom stereocenters. The third-order valence-electron chi connectivity index (χ3n) is 6.83. The maximum absolute atomic E-state index is 12.9. The highest BCUT2D eigenvalue weighted by Crippen LogP contribution is 2.20. The zero-order valence-corrected chi connectivity index (χ0v) is 25.4. The SMILES string of the molecule is CC(C)CN(C(=O)N[C@H](CCN(CCCCc1ccc2c(n1)NCCC2)CCOC(C)(C)C)C(=O)O)C(C)C. The number of aromatic nitrogens is 1. The Balaban J connectivity index is 1.92. The van der Waals surface area contributed by atoms with Crippen molar-refractivity contribution in [2.75, 3.05) is 44.6 Å². The van der Waals surface area contributed by atoms with E-state index in [1.165, 1.54) is 5.56 Å². The van der Waals surface area contributed by atoms with Crippen LogP contribution in [0.15, 0.2) is 12.1 Å². The molecule has 0 bridgehead atoms. The molecule has 1 aliphatic heterocycles. The summed E-state index contributed by atoms with van der Waals surface area (Å²) in [5, 5.41) is 16.0. The van der Waals surface area contributed by atoms with Crippen LogP contribution >= 0.6 is 0 Å². The fourth-order valence-electron chi connectivity index (χ4n) is 4.69. The molecule has 1 aromatic heterocycles. The van der Waals surface area contributed by atoms with E-state index in [4.69, 9.17) is 9.72 Å². The first-order valence-electron chi connectivity index (χ1n) is 14.7. The number of hydrogen-bond donors (Lipinski definition) is 3. The summed E-state index contributed by atoms with van der Waals surface area (Å²) < 4.78 is 5.95. The number of pyridine rings is 1.